The Kier molecular flexibility index (Phi) is 9.58. The Morgan fingerprint density at radius 3 is 2.40 bits per heavy atom. The van der Waals surface area contributed by atoms with E-state index in [2.05, 4.69) is 5.32 Å². The summed E-state index contributed by atoms with van der Waals surface area (Å²) in [7, 11) is 0. The van der Waals surface area contributed by atoms with Crippen LogP contribution in [0.2, 0.25) is 10.0 Å². The van der Waals surface area contributed by atoms with Gasteiger partial charge in [-0.3, -0.25) is 9.59 Å². The van der Waals surface area contributed by atoms with Gasteiger partial charge in [0, 0.05) is 29.6 Å². The molecule has 5 nitrogen and oxygen atoms in total. The Balaban J connectivity index is 1.93. The van der Waals surface area contributed by atoms with Crippen LogP contribution in [-0.4, -0.2) is 35.9 Å². The second-order valence-electron chi connectivity index (χ2n) is 8.42. The van der Waals surface area contributed by atoms with Crippen LogP contribution in [0.1, 0.15) is 29.2 Å². The molecule has 0 spiro atoms. The lowest BCUT2D eigenvalue weighted by Crippen LogP contribution is -2.51. The van der Waals surface area contributed by atoms with Crippen LogP contribution in [0.3, 0.4) is 0 Å². The van der Waals surface area contributed by atoms with Gasteiger partial charge in [0.25, 0.3) is 5.91 Å². The van der Waals surface area contributed by atoms with Crippen molar-refractivity contribution in [2.45, 2.75) is 39.8 Å². The summed E-state index contributed by atoms with van der Waals surface area (Å²) < 4.78 is 5.88. The Morgan fingerprint density at radius 1 is 1.00 bits per heavy atom. The maximum atomic E-state index is 13.6. The molecular weight excluding hydrogens is 483 g/mol. The van der Waals surface area contributed by atoms with E-state index in [9.17, 15) is 9.59 Å². The van der Waals surface area contributed by atoms with Crippen LogP contribution in [0.25, 0.3) is 0 Å². The minimum absolute atomic E-state index is 0.139. The van der Waals surface area contributed by atoms with Crippen molar-refractivity contribution < 1.29 is 14.3 Å². The maximum absolute atomic E-state index is 13.6. The average Bonchev–Trinajstić information content (AvgIpc) is 2.82. The third kappa shape index (κ3) is 7.48. The van der Waals surface area contributed by atoms with Crippen molar-refractivity contribution in [1.29, 1.82) is 0 Å². The van der Waals surface area contributed by atoms with Gasteiger partial charge in [-0.15, -0.1) is 0 Å². The van der Waals surface area contributed by atoms with E-state index in [4.69, 9.17) is 27.9 Å². The largest absolute Gasteiger partial charge is 0.483 e. The summed E-state index contributed by atoms with van der Waals surface area (Å²) in [4.78, 5) is 28.3. The van der Waals surface area contributed by atoms with Gasteiger partial charge in [-0.25, -0.2) is 0 Å². The fraction of sp³-hybridized carbons (Fsp3) is 0.286. The lowest BCUT2D eigenvalue weighted by molar-refractivity contribution is -0.142. The summed E-state index contributed by atoms with van der Waals surface area (Å²) in [6.45, 7) is 6.17. The third-order valence-corrected chi connectivity index (χ3v) is 6.25. The van der Waals surface area contributed by atoms with Crippen LogP contribution in [0.5, 0.6) is 5.75 Å². The first-order chi connectivity index (χ1) is 16.8. The molecule has 1 N–H and O–H groups in total. The van der Waals surface area contributed by atoms with Gasteiger partial charge < -0.3 is 15.0 Å². The summed E-state index contributed by atoms with van der Waals surface area (Å²) in [5.74, 6) is 0.0792. The number of carbonyl (C=O) groups is 2. The maximum Gasteiger partial charge on any atom is 0.261 e. The van der Waals surface area contributed by atoms with Gasteiger partial charge in [-0.05, 0) is 55.7 Å². The van der Waals surface area contributed by atoms with Crippen LogP contribution < -0.4 is 10.1 Å². The van der Waals surface area contributed by atoms with Crippen LogP contribution in [0.15, 0.2) is 66.7 Å². The zero-order chi connectivity index (χ0) is 25.4. The predicted octanol–water partition coefficient (Wildman–Crippen LogP) is 5.77. The Labute approximate surface area is 217 Å². The molecule has 184 valence electrons. The monoisotopic (exact) mass is 512 g/mol. The molecule has 1 atom stereocenters. The molecule has 2 amide bonds. The number of nitrogens with one attached hydrogen (secondary N) is 1. The smallest absolute Gasteiger partial charge is 0.261 e. The predicted molar refractivity (Wildman–Crippen MR) is 141 cm³/mol. The summed E-state index contributed by atoms with van der Waals surface area (Å²) in [6.07, 6.45) is 0.354. The van der Waals surface area contributed by atoms with Crippen molar-refractivity contribution in [2.75, 3.05) is 13.2 Å². The zero-order valence-corrected chi connectivity index (χ0v) is 21.7. The third-order valence-electron chi connectivity index (χ3n) is 5.66. The van der Waals surface area contributed by atoms with Crippen molar-refractivity contribution in [3.8, 4) is 5.75 Å². The van der Waals surface area contributed by atoms with E-state index in [1.165, 1.54) is 4.90 Å². The van der Waals surface area contributed by atoms with E-state index in [1.807, 2.05) is 69.3 Å². The molecule has 3 aromatic carbocycles. The minimum atomic E-state index is -0.751. The normalized spacial score (nSPS) is 11.6. The number of rotatable bonds is 10. The number of likely N-dealkylation sites (N-methyl/N-ethyl adjacent to an activating group) is 1. The molecule has 3 aromatic rings. The van der Waals surface area contributed by atoms with E-state index in [-0.39, 0.29) is 25.0 Å². The molecule has 0 aliphatic carbocycles. The van der Waals surface area contributed by atoms with Crippen LogP contribution in [0, 0.1) is 13.8 Å². The van der Waals surface area contributed by atoms with Gasteiger partial charge in [0.05, 0.1) is 0 Å². The number of amides is 2. The molecule has 0 fully saturated rings. The second-order valence-corrected chi connectivity index (χ2v) is 9.26. The molecule has 35 heavy (non-hydrogen) atoms. The lowest BCUT2D eigenvalue weighted by Gasteiger charge is -2.31. The first-order valence-electron chi connectivity index (χ1n) is 11.5. The first kappa shape index (κ1) is 26.6. The number of halogens is 2. The number of carbonyl (C=O) groups excluding carboxylic acids is 2. The standard InChI is InChI=1S/C28H30Cl2N2O3/c1-4-31-28(34)25(15-21-8-6-5-7-9-21)32(17-22-11-12-23(29)16-24(22)30)27(33)18-35-26-13-10-19(2)14-20(26)3/h5-14,16,25H,4,15,17-18H2,1-3H3,(H,31,34)/t25-/m1/s1. The van der Waals surface area contributed by atoms with Crippen molar-refractivity contribution in [1.82, 2.24) is 10.2 Å². The molecule has 7 heteroatoms. The van der Waals surface area contributed by atoms with Gasteiger partial charge in [0.2, 0.25) is 5.91 Å². The zero-order valence-electron chi connectivity index (χ0n) is 20.2. The van der Waals surface area contributed by atoms with Crippen molar-refractivity contribution in [2.24, 2.45) is 0 Å². The highest BCUT2D eigenvalue weighted by atomic mass is 35.5. The molecule has 0 aliphatic rings. The Morgan fingerprint density at radius 2 is 1.74 bits per heavy atom. The van der Waals surface area contributed by atoms with E-state index < -0.39 is 6.04 Å². The summed E-state index contributed by atoms with van der Waals surface area (Å²) in [6, 6.07) is 19.8. The number of aryl methyl sites for hydroxylation is 2. The van der Waals surface area contributed by atoms with Gasteiger partial charge in [-0.2, -0.15) is 0 Å². The molecule has 0 saturated carbocycles. The molecule has 3 rings (SSSR count). The van der Waals surface area contributed by atoms with Crippen molar-refractivity contribution in [3.05, 3.63) is 99.0 Å². The Hall–Kier alpha value is -3.02. The highest BCUT2D eigenvalue weighted by Crippen LogP contribution is 2.25. The molecular formula is C28H30Cl2N2O3. The number of nitrogens with zero attached hydrogens (tertiary/aromatic N) is 1. The lowest BCUT2D eigenvalue weighted by atomic mass is 10.0. The number of benzene rings is 3. The molecule has 0 saturated heterocycles. The molecule has 0 aliphatic heterocycles. The van der Waals surface area contributed by atoms with Gasteiger partial charge in [0.1, 0.15) is 11.8 Å². The van der Waals surface area contributed by atoms with E-state index in [1.54, 1.807) is 18.2 Å². The highest BCUT2D eigenvalue weighted by molar-refractivity contribution is 6.35. The SMILES string of the molecule is CCNC(=O)[C@@H](Cc1ccccc1)N(Cc1ccc(Cl)cc1Cl)C(=O)COc1ccc(C)cc1C. The van der Waals surface area contributed by atoms with Gasteiger partial charge >= 0.3 is 0 Å². The summed E-state index contributed by atoms with van der Waals surface area (Å²) in [5.41, 5.74) is 3.69. The number of hydrogen-bond acceptors (Lipinski definition) is 3. The van der Waals surface area contributed by atoms with E-state index >= 15 is 0 Å². The molecule has 0 aromatic heterocycles. The first-order valence-corrected chi connectivity index (χ1v) is 12.3. The van der Waals surface area contributed by atoms with Crippen molar-refractivity contribution in [3.63, 3.8) is 0 Å². The van der Waals surface area contributed by atoms with E-state index in [0.29, 0.717) is 34.3 Å². The second kappa shape index (κ2) is 12.6. The molecule has 0 radical (unpaired) electrons. The molecule has 0 heterocycles. The summed E-state index contributed by atoms with van der Waals surface area (Å²) >= 11 is 12.5. The minimum Gasteiger partial charge on any atom is -0.483 e. The van der Waals surface area contributed by atoms with Gasteiger partial charge in [0.15, 0.2) is 6.61 Å². The molecule has 0 unspecified atom stereocenters. The Bertz CT molecular complexity index is 1170. The van der Waals surface area contributed by atoms with Crippen LogP contribution in [-0.2, 0) is 22.6 Å². The topological polar surface area (TPSA) is 58.6 Å². The fourth-order valence-corrected chi connectivity index (χ4v) is 4.33. The van der Waals surface area contributed by atoms with Crippen molar-refractivity contribution >= 4 is 35.0 Å². The summed E-state index contributed by atoms with van der Waals surface area (Å²) in [5, 5.41) is 3.80. The van der Waals surface area contributed by atoms with Crippen LogP contribution >= 0.6 is 23.2 Å². The number of hydrogen-bond donors (Lipinski definition) is 1. The number of ether oxygens (including phenoxy) is 1. The highest BCUT2D eigenvalue weighted by Gasteiger charge is 2.31. The fourth-order valence-electron chi connectivity index (χ4n) is 3.86. The van der Waals surface area contributed by atoms with Crippen LogP contribution in [0.4, 0.5) is 0 Å². The molecule has 0 bridgehead atoms. The average molecular weight is 513 g/mol. The van der Waals surface area contributed by atoms with Gasteiger partial charge in [-0.1, -0.05) is 77.3 Å². The van der Waals surface area contributed by atoms with E-state index in [0.717, 1.165) is 16.7 Å². The quantitative estimate of drug-likeness (QED) is 0.375.